The second kappa shape index (κ2) is 5.16. The molecular weight excluding hydrogens is 249 g/mol. The van der Waals surface area contributed by atoms with Gasteiger partial charge in [-0.1, -0.05) is 6.07 Å². The predicted molar refractivity (Wildman–Crippen MR) is 64.1 cm³/mol. The summed E-state index contributed by atoms with van der Waals surface area (Å²) in [5.74, 6) is -1.26. The van der Waals surface area contributed by atoms with E-state index in [4.69, 9.17) is 5.26 Å². The van der Waals surface area contributed by atoms with E-state index in [0.29, 0.717) is 5.56 Å². The number of nitrogens with one attached hydrogen (secondary N) is 1. The van der Waals surface area contributed by atoms with Gasteiger partial charge in [0, 0.05) is 0 Å². The van der Waals surface area contributed by atoms with Gasteiger partial charge in [0.1, 0.15) is 11.9 Å². The smallest absolute Gasteiger partial charge is 0.246 e. The highest BCUT2D eigenvalue weighted by molar-refractivity contribution is 6.00. The first kappa shape index (κ1) is 13.2. The molecule has 1 unspecified atom stereocenters. The molecule has 2 amide bonds. The SMILES string of the molecule is CC1NCC(=O)N(Cc2ccc(F)c(C#N)c2)C1=O. The number of amides is 2. The van der Waals surface area contributed by atoms with E-state index in [2.05, 4.69) is 5.32 Å². The Morgan fingerprint density at radius 3 is 2.95 bits per heavy atom. The monoisotopic (exact) mass is 261 g/mol. The van der Waals surface area contributed by atoms with E-state index in [9.17, 15) is 14.0 Å². The fraction of sp³-hybridized carbons (Fsp3) is 0.308. The Labute approximate surface area is 109 Å². The zero-order chi connectivity index (χ0) is 14.0. The van der Waals surface area contributed by atoms with E-state index in [0.717, 1.165) is 11.0 Å². The van der Waals surface area contributed by atoms with E-state index in [-0.39, 0.29) is 30.5 Å². The van der Waals surface area contributed by atoms with Gasteiger partial charge in [0.25, 0.3) is 0 Å². The molecule has 98 valence electrons. The first-order valence-corrected chi connectivity index (χ1v) is 5.79. The lowest BCUT2D eigenvalue weighted by atomic mass is 10.1. The molecule has 0 aromatic heterocycles. The molecule has 0 bridgehead atoms. The van der Waals surface area contributed by atoms with E-state index in [1.54, 1.807) is 13.0 Å². The van der Waals surface area contributed by atoms with Gasteiger partial charge in [0.2, 0.25) is 11.8 Å². The molecule has 1 heterocycles. The first-order valence-electron chi connectivity index (χ1n) is 5.79. The van der Waals surface area contributed by atoms with Gasteiger partial charge < -0.3 is 0 Å². The lowest BCUT2D eigenvalue weighted by molar-refractivity contribution is -0.149. The van der Waals surface area contributed by atoms with Crippen LogP contribution in [0.3, 0.4) is 0 Å². The van der Waals surface area contributed by atoms with Crippen LogP contribution in [0.4, 0.5) is 4.39 Å². The topological polar surface area (TPSA) is 73.2 Å². The van der Waals surface area contributed by atoms with E-state index >= 15 is 0 Å². The number of carbonyl (C=O) groups is 2. The van der Waals surface area contributed by atoms with Crippen LogP contribution in [0.25, 0.3) is 0 Å². The molecule has 0 spiro atoms. The summed E-state index contributed by atoms with van der Waals surface area (Å²) in [7, 11) is 0. The number of piperazine rings is 1. The average molecular weight is 261 g/mol. The number of benzene rings is 1. The summed E-state index contributed by atoms with van der Waals surface area (Å²) in [6, 6.07) is 5.28. The lowest BCUT2D eigenvalue weighted by Crippen LogP contribution is -2.56. The maximum atomic E-state index is 13.2. The summed E-state index contributed by atoms with van der Waals surface area (Å²) in [5.41, 5.74) is 0.453. The van der Waals surface area contributed by atoms with Gasteiger partial charge in [-0.3, -0.25) is 19.8 Å². The van der Waals surface area contributed by atoms with Crippen LogP contribution in [0, 0.1) is 17.1 Å². The summed E-state index contributed by atoms with van der Waals surface area (Å²) in [6.07, 6.45) is 0. The molecule has 1 aliphatic heterocycles. The van der Waals surface area contributed by atoms with Crippen molar-refractivity contribution in [3.63, 3.8) is 0 Å². The summed E-state index contributed by atoms with van der Waals surface area (Å²) < 4.78 is 13.2. The van der Waals surface area contributed by atoms with Crippen molar-refractivity contribution in [1.82, 2.24) is 10.2 Å². The Balaban J connectivity index is 2.23. The minimum Gasteiger partial charge on any atom is -0.298 e. The number of nitriles is 1. The van der Waals surface area contributed by atoms with Crippen LogP contribution in [-0.2, 0) is 16.1 Å². The van der Waals surface area contributed by atoms with Gasteiger partial charge in [0.15, 0.2) is 0 Å². The standard InChI is InChI=1S/C13H12FN3O2/c1-8-13(19)17(12(18)6-16-8)7-9-2-3-11(14)10(4-9)5-15/h2-4,8,16H,6-7H2,1H3. The minimum atomic E-state index is -0.613. The Morgan fingerprint density at radius 1 is 1.53 bits per heavy atom. The van der Waals surface area contributed by atoms with Gasteiger partial charge >= 0.3 is 0 Å². The number of hydrogen-bond acceptors (Lipinski definition) is 4. The van der Waals surface area contributed by atoms with Crippen molar-refractivity contribution in [2.24, 2.45) is 0 Å². The van der Waals surface area contributed by atoms with Gasteiger partial charge in [0.05, 0.1) is 24.7 Å². The third-order valence-electron chi connectivity index (χ3n) is 2.99. The van der Waals surface area contributed by atoms with Crippen LogP contribution in [0.1, 0.15) is 18.1 Å². The maximum absolute atomic E-state index is 13.2. The number of rotatable bonds is 2. The predicted octanol–water partition coefficient (Wildman–Crippen LogP) is 0.544. The largest absolute Gasteiger partial charge is 0.298 e. The van der Waals surface area contributed by atoms with Crippen LogP contribution in [0.5, 0.6) is 0 Å². The quantitative estimate of drug-likeness (QED) is 0.789. The van der Waals surface area contributed by atoms with Crippen molar-refractivity contribution in [2.45, 2.75) is 19.5 Å². The molecule has 2 rings (SSSR count). The minimum absolute atomic E-state index is 0.0542. The molecule has 1 aromatic rings. The summed E-state index contributed by atoms with van der Waals surface area (Å²) in [4.78, 5) is 24.7. The second-order valence-electron chi connectivity index (χ2n) is 4.35. The molecule has 6 heteroatoms. The summed E-state index contributed by atoms with van der Waals surface area (Å²) >= 11 is 0. The van der Waals surface area contributed by atoms with Crippen LogP contribution < -0.4 is 5.32 Å². The number of nitrogens with zero attached hydrogens (tertiary/aromatic N) is 2. The second-order valence-corrected chi connectivity index (χ2v) is 4.35. The average Bonchev–Trinajstić information content (AvgIpc) is 2.41. The number of imide groups is 1. The van der Waals surface area contributed by atoms with Crippen LogP contribution in [0.15, 0.2) is 18.2 Å². The molecule has 0 radical (unpaired) electrons. The van der Waals surface area contributed by atoms with Crippen molar-refractivity contribution in [2.75, 3.05) is 6.54 Å². The molecule has 1 aliphatic rings. The van der Waals surface area contributed by atoms with Crippen molar-refractivity contribution < 1.29 is 14.0 Å². The van der Waals surface area contributed by atoms with Crippen molar-refractivity contribution >= 4 is 11.8 Å². The van der Waals surface area contributed by atoms with Crippen LogP contribution >= 0.6 is 0 Å². The fourth-order valence-corrected chi connectivity index (χ4v) is 1.88. The van der Waals surface area contributed by atoms with Crippen molar-refractivity contribution in [3.8, 4) is 6.07 Å². The summed E-state index contributed by atoms with van der Waals surface area (Å²) in [5, 5.41) is 11.5. The third kappa shape index (κ3) is 2.61. The van der Waals surface area contributed by atoms with Crippen molar-refractivity contribution in [1.29, 1.82) is 5.26 Å². The zero-order valence-corrected chi connectivity index (χ0v) is 10.3. The maximum Gasteiger partial charge on any atom is 0.246 e. The van der Waals surface area contributed by atoms with Crippen molar-refractivity contribution in [3.05, 3.63) is 35.1 Å². The van der Waals surface area contributed by atoms with Gasteiger partial charge in [-0.2, -0.15) is 5.26 Å². The fourth-order valence-electron chi connectivity index (χ4n) is 1.88. The normalized spacial score (nSPS) is 19.4. The third-order valence-corrected chi connectivity index (χ3v) is 2.99. The van der Waals surface area contributed by atoms with E-state index < -0.39 is 11.9 Å². The molecule has 1 fully saturated rings. The number of hydrogen-bond donors (Lipinski definition) is 1. The highest BCUT2D eigenvalue weighted by Crippen LogP contribution is 2.14. The number of halogens is 1. The highest BCUT2D eigenvalue weighted by atomic mass is 19.1. The first-order chi connectivity index (χ1) is 9.02. The Morgan fingerprint density at radius 2 is 2.26 bits per heavy atom. The molecule has 1 saturated heterocycles. The molecule has 5 nitrogen and oxygen atoms in total. The molecular formula is C13H12FN3O2. The van der Waals surface area contributed by atoms with E-state index in [1.165, 1.54) is 12.1 Å². The van der Waals surface area contributed by atoms with Crippen LogP contribution in [0.2, 0.25) is 0 Å². The molecule has 0 aliphatic carbocycles. The molecule has 0 saturated carbocycles. The van der Waals surface area contributed by atoms with Gasteiger partial charge in [-0.25, -0.2) is 4.39 Å². The van der Waals surface area contributed by atoms with Crippen LogP contribution in [-0.4, -0.2) is 29.3 Å². The Kier molecular flexibility index (Phi) is 3.58. The lowest BCUT2D eigenvalue weighted by Gasteiger charge is -2.29. The van der Waals surface area contributed by atoms with E-state index in [1.807, 2.05) is 0 Å². The Bertz CT molecular complexity index is 580. The van der Waals surface area contributed by atoms with Gasteiger partial charge in [-0.05, 0) is 24.6 Å². The molecule has 19 heavy (non-hydrogen) atoms. The Hall–Kier alpha value is -2.26. The number of carbonyl (C=O) groups excluding carboxylic acids is 2. The molecule has 1 aromatic carbocycles. The molecule has 1 N–H and O–H groups in total. The molecule has 1 atom stereocenters. The zero-order valence-electron chi connectivity index (χ0n) is 10.3. The highest BCUT2D eigenvalue weighted by Gasteiger charge is 2.31. The van der Waals surface area contributed by atoms with Gasteiger partial charge in [-0.15, -0.1) is 0 Å². The summed E-state index contributed by atoms with van der Waals surface area (Å²) in [6.45, 7) is 1.82.